The van der Waals surface area contributed by atoms with Crippen molar-refractivity contribution in [1.82, 2.24) is 30.4 Å². The summed E-state index contributed by atoms with van der Waals surface area (Å²) in [5, 5.41) is 5.86. The van der Waals surface area contributed by atoms with Crippen LogP contribution in [0.1, 0.15) is 82.6 Å². The number of para-hydroxylation sites is 1. The number of imidazole rings is 1. The number of benzene rings is 1. The normalized spacial score (nSPS) is 20.1. The Morgan fingerprint density at radius 2 is 1.83 bits per heavy atom. The summed E-state index contributed by atoms with van der Waals surface area (Å²) >= 11 is 0. The zero-order chi connectivity index (χ0) is 25.7. The third kappa shape index (κ3) is 5.99. The molecule has 196 valence electrons. The first kappa shape index (κ1) is 26.0. The summed E-state index contributed by atoms with van der Waals surface area (Å²) in [7, 11) is 0. The van der Waals surface area contributed by atoms with Crippen molar-refractivity contribution >= 4 is 28.9 Å². The first-order valence-electron chi connectivity index (χ1n) is 13.5. The molecule has 2 aromatic rings. The number of H-pyrrole nitrogens is 1. The number of fused-ring (bicyclic) bond motifs is 1. The average Bonchev–Trinajstić information content (AvgIpc) is 3.34. The first-order chi connectivity index (χ1) is 17.4. The van der Waals surface area contributed by atoms with Crippen molar-refractivity contribution < 1.29 is 14.4 Å². The van der Waals surface area contributed by atoms with Crippen molar-refractivity contribution in [3.05, 3.63) is 29.6 Å². The molecule has 0 saturated carbocycles. The van der Waals surface area contributed by atoms with Crippen molar-refractivity contribution in [1.29, 1.82) is 0 Å². The quantitative estimate of drug-likeness (QED) is 0.542. The van der Waals surface area contributed by atoms with Crippen molar-refractivity contribution in [3.8, 4) is 0 Å². The van der Waals surface area contributed by atoms with Gasteiger partial charge in [-0.15, -0.1) is 0 Å². The van der Waals surface area contributed by atoms with Crippen LogP contribution in [0.25, 0.3) is 11.0 Å². The minimum absolute atomic E-state index is 0.0477. The number of aromatic nitrogens is 2. The number of hydrogen-bond acceptors (Lipinski definition) is 4. The Morgan fingerprint density at radius 1 is 1.08 bits per heavy atom. The molecule has 2 saturated heterocycles. The van der Waals surface area contributed by atoms with E-state index in [0.29, 0.717) is 25.5 Å². The van der Waals surface area contributed by atoms with Gasteiger partial charge in [-0.25, -0.2) is 9.78 Å². The van der Waals surface area contributed by atoms with Gasteiger partial charge < -0.3 is 25.4 Å². The molecule has 9 nitrogen and oxygen atoms in total. The van der Waals surface area contributed by atoms with Gasteiger partial charge in [-0.05, 0) is 70.4 Å². The largest absolute Gasteiger partial charge is 0.345 e. The first-order valence-corrected chi connectivity index (χ1v) is 13.5. The van der Waals surface area contributed by atoms with Gasteiger partial charge in [0, 0.05) is 25.7 Å². The molecule has 36 heavy (non-hydrogen) atoms. The summed E-state index contributed by atoms with van der Waals surface area (Å²) in [5.41, 5.74) is 2.83. The number of piperidine rings is 2. The molecule has 2 fully saturated rings. The van der Waals surface area contributed by atoms with E-state index >= 15 is 0 Å². The number of aryl methyl sites for hydroxylation is 1. The fourth-order valence-corrected chi connectivity index (χ4v) is 5.37. The minimum atomic E-state index is -0.945. The number of nitrogens with zero attached hydrogens (tertiary/aromatic N) is 3. The van der Waals surface area contributed by atoms with Crippen molar-refractivity contribution in [2.24, 2.45) is 0 Å². The van der Waals surface area contributed by atoms with Gasteiger partial charge in [-0.1, -0.05) is 19.1 Å². The summed E-state index contributed by atoms with van der Waals surface area (Å²) in [6.45, 7) is 8.00. The second kappa shape index (κ2) is 11.8. The summed E-state index contributed by atoms with van der Waals surface area (Å²) in [6, 6.07) is 4.48. The predicted molar refractivity (Wildman–Crippen MR) is 139 cm³/mol. The van der Waals surface area contributed by atoms with Crippen LogP contribution in [0.15, 0.2) is 18.2 Å². The number of urea groups is 1. The van der Waals surface area contributed by atoms with E-state index in [-0.39, 0.29) is 30.3 Å². The lowest BCUT2D eigenvalue weighted by atomic mass is 9.99. The molecular formula is C27H40N6O3. The topological polar surface area (TPSA) is 110 Å². The van der Waals surface area contributed by atoms with Gasteiger partial charge in [0.15, 0.2) is 0 Å². The zero-order valence-corrected chi connectivity index (χ0v) is 21.8. The van der Waals surface area contributed by atoms with E-state index in [1.54, 1.807) is 4.90 Å². The second-order valence-corrected chi connectivity index (χ2v) is 10.2. The number of amides is 4. The molecule has 1 aromatic heterocycles. The molecule has 0 aliphatic carbocycles. The smallest absolute Gasteiger partial charge is 0.318 e. The monoisotopic (exact) mass is 496 g/mol. The Hall–Kier alpha value is -3.10. The summed E-state index contributed by atoms with van der Waals surface area (Å²) < 4.78 is 0. The maximum atomic E-state index is 13.4. The third-order valence-electron chi connectivity index (χ3n) is 7.56. The molecule has 9 heteroatoms. The highest BCUT2D eigenvalue weighted by Crippen LogP contribution is 2.22. The Balaban J connectivity index is 1.48. The number of rotatable bonds is 7. The molecule has 3 N–H and O–H groups in total. The van der Waals surface area contributed by atoms with Gasteiger partial charge in [-0.2, -0.15) is 0 Å². The molecule has 1 aromatic carbocycles. The van der Waals surface area contributed by atoms with E-state index in [2.05, 4.69) is 27.5 Å². The Kier molecular flexibility index (Phi) is 8.48. The van der Waals surface area contributed by atoms with Crippen LogP contribution < -0.4 is 10.6 Å². The van der Waals surface area contributed by atoms with Gasteiger partial charge >= 0.3 is 6.03 Å². The molecule has 4 amide bonds. The number of aromatic amines is 1. The fourth-order valence-electron chi connectivity index (χ4n) is 5.37. The predicted octanol–water partition coefficient (Wildman–Crippen LogP) is 3.79. The van der Waals surface area contributed by atoms with Crippen LogP contribution in [0.5, 0.6) is 0 Å². The van der Waals surface area contributed by atoms with Gasteiger partial charge in [-0.3, -0.25) is 9.59 Å². The molecule has 4 rings (SSSR count). The van der Waals surface area contributed by atoms with E-state index < -0.39 is 12.1 Å². The summed E-state index contributed by atoms with van der Waals surface area (Å²) in [4.78, 5) is 51.4. The maximum absolute atomic E-state index is 13.4. The van der Waals surface area contributed by atoms with Gasteiger partial charge in [0.25, 0.3) is 0 Å². The van der Waals surface area contributed by atoms with Gasteiger partial charge in [0.2, 0.25) is 11.8 Å². The van der Waals surface area contributed by atoms with E-state index in [1.165, 1.54) is 0 Å². The average molecular weight is 497 g/mol. The molecule has 2 aliphatic rings. The highest BCUT2D eigenvalue weighted by Gasteiger charge is 2.32. The zero-order valence-electron chi connectivity index (χ0n) is 21.8. The lowest BCUT2D eigenvalue weighted by Crippen LogP contribution is -2.55. The molecule has 3 atom stereocenters. The van der Waals surface area contributed by atoms with Crippen molar-refractivity contribution in [3.63, 3.8) is 0 Å². The third-order valence-corrected chi connectivity index (χ3v) is 7.56. The second-order valence-electron chi connectivity index (χ2n) is 10.2. The molecule has 2 aliphatic heterocycles. The number of carbonyl (C=O) groups excluding carboxylic acids is 3. The Bertz CT molecular complexity index is 1080. The van der Waals surface area contributed by atoms with Crippen LogP contribution in [0.2, 0.25) is 0 Å². The summed E-state index contributed by atoms with van der Waals surface area (Å²) in [5.74, 6) is 0.193. The van der Waals surface area contributed by atoms with Gasteiger partial charge in [0.05, 0.1) is 23.5 Å². The lowest BCUT2D eigenvalue weighted by molar-refractivity contribution is -0.138. The minimum Gasteiger partial charge on any atom is -0.345 e. The Labute approximate surface area is 213 Å². The molecule has 0 spiro atoms. The van der Waals surface area contributed by atoms with Gasteiger partial charge in [0.1, 0.15) is 11.9 Å². The van der Waals surface area contributed by atoms with Crippen LogP contribution >= 0.6 is 0 Å². The van der Waals surface area contributed by atoms with Crippen molar-refractivity contribution in [2.45, 2.75) is 90.3 Å². The highest BCUT2D eigenvalue weighted by molar-refractivity contribution is 5.92. The van der Waals surface area contributed by atoms with Crippen LogP contribution in [-0.4, -0.2) is 69.3 Å². The van der Waals surface area contributed by atoms with Crippen LogP contribution in [0.4, 0.5) is 4.79 Å². The fraction of sp³-hybridized carbons (Fsp3) is 0.630. The number of carbonyl (C=O) groups is 3. The molecule has 0 unspecified atom stereocenters. The van der Waals surface area contributed by atoms with E-state index in [9.17, 15) is 14.4 Å². The number of nitrogens with one attached hydrogen (secondary N) is 3. The highest BCUT2D eigenvalue weighted by atomic mass is 16.2. The van der Waals surface area contributed by atoms with E-state index in [1.807, 2.05) is 36.9 Å². The number of likely N-dealkylation sites (tertiary alicyclic amines) is 2. The summed E-state index contributed by atoms with van der Waals surface area (Å²) in [6.07, 6.45) is 6.94. The molecule has 3 heterocycles. The molecule has 0 radical (unpaired) electrons. The lowest BCUT2D eigenvalue weighted by Gasteiger charge is -2.36. The molecular weight excluding hydrogens is 456 g/mol. The van der Waals surface area contributed by atoms with Crippen LogP contribution in [0, 0.1) is 6.92 Å². The van der Waals surface area contributed by atoms with Crippen LogP contribution in [-0.2, 0) is 9.59 Å². The standard InChI is InChI=1S/C27H40N6O3/c1-4-20-12-6-9-16-33(20)23(34)17-22(30-27(36)32-14-7-5-8-15-32)26(35)28-19(3)25-29-21-13-10-11-18(2)24(21)31-25/h10-11,13,19-20,22H,4-9,12,14-17H2,1-3H3,(H,28,35)(H,29,31)(H,30,36)/t19-,20-,22-/m0/s1. The number of hydrogen-bond donors (Lipinski definition) is 3. The maximum Gasteiger partial charge on any atom is 0.318 e. The molecule has 0 bridgehead atoms. The SMILES string of the molecule is CC[C@H]1CCCCN1C(=O)C[C@H](NC(=O)N1CCCCC1)C(=O)N[C@@H](C)c1nc2c(C)cccc2[nH]1. The Morgan fingerprint density at radius 3 is 2.56 bits per heavy atom. The van der Waals surface area contributed by atoms with E-state index in [0.717, 1.165) is 61.5 Å². The van der Waals surface area contributed by atoms with E-state index in [4.69, 9.17) is 0 Å². The van der Waals surface area contributed by atoms with Crippen molar-refractivity contribution in [2.75, 3.05) is 19.6 Å². The van der Waals surface area contributed by atoms with Crippen LogP contribution in [0.3, 0.4) is 0 Å².